The second-order valence-electron chi connectivity index (χ2n) is 5.71. The number of nitrogens with zero attached hydrogens (tertiary/aromatic N) is 2. The normalized spacial score (nSPS) is 21.4. The molecule has 2 atom stereocenters. The van der Waals surface area contributed by atoms with Gasteiger partial charge in [0.2, 0.25) is 0 Å². The van der Waals surface area contributed by atoms with Gasteiger partial charge < -0.3 is 15.3 Å². The number of aliphatic hydroxyl groups excluding tert-OH is 1. The second-order valence-corrected chi connectivity index (χ2v) is 7.12. The van der Waals surface area contributed by atoms with E-state index in [0.717, 1.165) is 56.7 Å². The maximum atomic E-state index is 9.17. The average molecular weight is 316 g/mol. The molecule has 0 aromatic heterocycles. The Hall–Kier alpha value is -0.420. The average Bonchev–Trinajstić information content (AvgIpc) is 2.51. The number of nitrogens with one attached hydrogen (secondary N) is 1. The van der Waals surface area contributed by atoms with Crippen molar-refractivity contribution in [3.8, 4) is 0 Å². The second kappa shape index (κ2) is 11.2. The van der Waals surface area contributed by atoms with Gasteiger partial charge in [-0.2, -0.15) is 11.8 Å². The third kappa shape index (κ3) is 6.92. The Morgan fingerprint density at radius 1 is 1.38 bits per heavy atom. The van der Waals surface area contributed by atoms with Gasteiger partial charge in [-0.05, 0) is 32.1 Å². The summed E-state index contributed by atoms with van der Waals surface area (Å²) in [5.74, 6) is 2.77. The summed E-state index contributed by atoms with van der Waals surface area (Å²) in [6.07, 6.45) is 4.40. The maximum absolute atomic E-state index is 9.17. The molecule has 0 aliphatic carbocycles. The highest BCUT2D eigenvalue weighted by Gasteiger charge is 2.21. The third-order valence-electron chi connectivity index (χ3n) is 3.96. The molecule has 124 valence electrons. The fourth-order valence-electron chi connectivity index (χ4n) is 2.72. The van der Waals surface area contributed by atoms with Crippen LogP contribution in [-0.4, -0.2) is 59.8 Å². The van der Waals surface area contributed by atoms with E-state index >= 15 is 0 Å². The molecule has 4 nitrogen and oxygen atoms in total. The molecule has 1 rings (SSSR count). The Kier molecular flexibility index (Phi) is 9.92. The molecular formula is C16H33N3OS. The zero-order valence-electron chi connectivity index (χ0n) is 14.0. The quantitative estimate of drug-likeness (QED) is 0.534. The molecule has 0 aromatic carbocycles. The summed E-state index contributed by atoms with van der Waals surface area (Å²) < 4.78 is 0. The lowest BCUT2D eigenvalue weighted by molar-refractivity contribution is 0.253. The molecule has 5 heteroatoms. The van der Waals surface area contributed by atoms with Crippen LogP contribution in [0.4, 0.5) is 0 Å². The SMILES string of the molecule is CCCC(CCO)CN=C(NCC)N1CCSC(CC)C1. The molecule has 1 aliphatic rings. The van der Waals surface area contributed by atoms with Crippen molar-refractivity contribution < 1.29 is 5.11 Å². The van der Waals surface area contributed by atoms with Crippen molar-refractivity contribution >= 4 is 17.7 Å². The van der Waals surface area contributed by atoms with Gasteiger partial charge >= 0.3 is 0 Å². The summed E-state index contributed by atoms with van der Waals surface area (Å²) in [5, 5.41) is 13.3. The summed E-state index contributed by atoms with van der Waals surface area (Å²) in [5.41, 5.74) is 0. The predicted molar refractivity (Wildman–Crippen MR) is 94.2 cm³/mol. The van der Waals surface area contributed by atoms with E-state index in [4.69, 9.17) is 10.1 Å². The number of rotatable bonds is 8. The van der Waals surface area contributed by atoms with Crippen molar-refractivity contribution in [3.05, 3.63) is 0 Å². The highest BCUT2D eigenvalue weighted by molar-refractivity contribution is 8.00. The molecule has 21 heavy (non-hydrogen) atoms. The van der Waals surface area contributed by atoms with Gasteiger partial charge in [-0.3, -0.25) is 4.99 Å². The lowest BCUT2D eigenvalue weighted by Gasteiger charge is -2.34. The van der Waals surface area contributed by atoms with Crippen LogP contribution in [0, 0.1) is 5.92 Å². The standard InChI is InChI=1S/C16H33N3OS/c1-4-7-14(8-10-20)12-18-16(17-6-3)19-9-11-21-15(5-2)13-19/h14-15,20H,4-13H2,1-3H3,(H,17,18). The molecule has 0 radical (unpaired) electrons. The largest absolute Gasteiger partial charge is 0.396 e. The Morgan fingerprint density at radius 3 is 2.81 bits per heavy atom. The van der Waals surface area contributed by atoms with Crippen LogP contribution < -0.4 is 5.32 Å². The number of guanidine groups is 1. The van der Waals surface area contributed by atoms with Crippen LogP contribution in [0.25, 0.3) is 0 Å². The van der Waals surface area contributed by atoms with Gasteiger partial charge in [0.25, 0.3) is 0 Å². The molecule has 0 spiro atoms. The minimum Gasteiger partial charge on any atom is -0.396 e. The zero-order valence-corrected chi connectivity index (χ0v) is 14.8. The van der Waals surface area contributed by atoms with E-state index in [-0.39, 0.29) is 6.61 Å². The molecule has 1 aliphatic heterocycles. The molecule has 1 saturated heterocycles. The Bertz CT molecular complexity index is 293. The van der Waals surface area contributed by atoms with E-state index in [1.807, 2.05) is 0 Å². The minimum absolute atomic E-state index is 0.273. The van der Waals surface area contributed by atoms with Crippen molar-refractivity contribution in [2.24, 2.45) is 10.9 Å². The summed E-state index contributed by atoms with van der Waals surface area (Å²) in [7, 11) is 0. The first kappa shape index (κ1) is 18.6. The van der Waals surface area contributed by atoms with Crippen LogP contribution in [0.15, 0.2) is 4.99 Å². The first-order valence-electron chi connectivity index (χ1n) is 8.50. The topological polar surface area (TPSA) is 47.9 Å². The van der Waals surface area contributed by atoms with Crippen LogP contribution in [0.1, 0.15) is 46.5 Å². The molecule has 1 heterocycles. The van der Waals surface area contributed by atoms with Gasteiger partial charge in [0, 0.05) is 43.8 Å². The Labute approximate surface area is 134 Å². The number of hydrogen-bond acceptors (Lipinski definition) is 3. The van der Waals surface area contributed by atoms with Gasteiger partial charge in [-0.15, -0.1) is 0 Å². The Balaban J connectivity index is 2.62. The fraction of sp³-hybridized carbons (Fsp3) is 0.938. The summed E-state index contributed by atoms with van der Waals surface area (Å²) in [6.45, 7) is 10.8. The van der Waals surface area contributed by atoms with Gasteiger partial charge in [-0.1, -0.05) is 20.3 Å². The zero-order chi connectivity index (χ0) is 15.5. The van der Waals surface area contributed by atoms with Gasteiger partial charge in [0.1, 0.15) is 0 Å². The van der Waals surface area contributed by atoms with Crippen LogP contribution in [0.3, 0.4) is 0 Å². The molecule has 0 bridgehead atoms. The molecule has 2 N–H and O–H groups in total. The van der Waals surface area contributed by atoms with Crippen LogP contribution in [0.2, 0.25) is 0 Å². The summed E-state index contributed by atoms with van der Waals surface area (Å²) >= 11 is 2.09. The van der Waals surface area contributed by atoms with E-state index in [0.29, 0.717) is 5.92 Å². The number of thioether (sulfide) groups is 1. The number of aliphatic imine (C=N–C) groups is 1. The molecule has 1 fully saturated rings. The van der Waals surface area contributed by atoms with Crippen molar-refractivity contribution in [1.29, 1.82) is 0 Å². The van der Waals surface area contributed by atoms with E-state index < -0.39 is 0 Å². The van der Waals surface area contributed by atoms with Crippen LogP contribution in [0.5, 0.6) is 0 Å². The highest BCUT2D eigenvalue weighted by Crippen LogP contribution is 2.21. The maximum Gasteiger partial charge on any atom is 0.193 e. The van der Waals surface area contributed by atoms with Gasteiger partial charge in [0.15, 0.2) is 5.96 Å². The first-order chi connectivity index (χ1) is 10.2. The number of aliphatic hydroxyl groups is 1. The predicted octanol–water partition coefficient (Wildman–Crippen LogP) is 2.58. The number of hydrogen-bond donors (Lipinski definition) is 2. The molecular weight excluding hydrogens is 282 g/mol. The van der Waals surface area contributed by atoms with Crippen molar-refractivity contribution in [3.63, 3.8) is 0 Å². The summed E-state index contributed by atoms with van der Waals surface area (Å²) in [4.78, 5) is 7.27. The van der Waals surface area contributed by atoms with Gasteiger partial charge in [-0.25, -0.2) is 0 Å². The van der Waals surface area contributed by atoms with Crippen LogP contribution in [-0.2, 0) is 0 Å². The molecule has 0 saturated carbocycles. The third-order valence-corrected chi connectivity index (χ3v) is 5.33. The highest BCUT2D eigenvalue weighted by atomic mass is 32.2. The fourth-order valence-corrected chi connectivity index (χ4v) is 3.90. The van der Waals surface area contributed by atoms with E-state index in [2.05, 4.69) is 42.7 Å². The molecule has 0 aromatic rings. The van der Waals surface area contributed by atoms with E-state index in [1.165, 1.54) is 12.2 Å². The molecule has 0 amide bonds. The smallest absolute Gasteiger partial charge is 0.193 e. The van der Waals surface area contributed by atoms with Crippen molar-refractivity contribution in [1.82, 2.24) is 10.2 Å². The monoisotopic (exact) mass is 315 g/mol. The lowest BCUT2D eigenvalue weighted by atomic mass is 10.0. The van der Waals surface area contributed by atoms with E-state index in [1.54, 1.807) is 0 Å². The first-order valence-corrected chi connectivity index (χ1v) is 9.55. The van der Waals surface area contributed by atoms with Crippen molar-refractivity contribution in [2.75, 3.05) is 38.5 Å². The van der Waals surface area contributed by atoms with Gasteiger partial charge in [0.05, 0.1) is 0 Å². The molecule has 2 unspecified atom stereocenters. The van der Waals surface area contributed by atoms with Crippen molar-refractivity contribution in [2.45, 2.75) is 51.7 Å². The van der Waals surface area contributed by atoms with E-state index in [9.17, 15) is 0 Å². The summed E-state index contributed by atoms with van der Waals surface area (Å²) in [6, 6.07) is 0. The minimum atomic E-state index is 0.273. The lowest BCUT2D eigenvalue weighted by Crippen LogP contribution is -2.48. The van der Waals surface area contributed by atoms with Crippen LogP contribution >= 0.6 is 11.8 Å². The Morgan fingerprint density at radius 2 is 2.19 bits per heavy atom.